The molecule has 19 heavy (non-hydrogen) atoms. The Labute approximate surface area is 109 Å². The van der Waals surface area contributed by atoms with Gasteiger partial charge in [-0.3, -0.25) is 14.9 Å². The second-order valence-corrected chi connectivity index (χ2v) is 4.23. The molecule has 1 atom stereocenters. The van der Waals surface area contributed by atoms with Gasteiger partial charge >= 0.3 is 0 Å². The zero-order valence-corrected chi connectivity index (χ0v) is 10.0. The number of nitriles is 1. The monoisotopic (exact) mass is 260 g/mol. The number of hydrogen-bond donors (Lipinski definition) is 2. The SMILES string of the molecule is N#Cc1cc(NC2CCCNC2=O)ccc1[N+](=O)[O-]. The van der Waals surface area contributed by atoms with Crippen molar-refractivity contribution in [3.8, 4) is 6.07 Å². The van der Waals surface area contributed by atoms with E-state index in [0.717, 1.165) is 6.42 Å². The van der Waals surface area contributed by atoms with Gasteiger partial charge in [0.15, 0.2) is 0 Å². The molecule has 1 fully saturated rings. The van der Waals surface area contributed by atoms with E-state index >= 15 is 0 Å². The molecule has 0 bridgehead atoms. The minimum Gasteiger partial charge on any atom is -0.374 e. The van der Waals surface area contributed by atoms with Crippen LogP contribution in [-0.4, -0.2) is 23.4 Å². The van der Waals surface area contributed by atoms with Crippen LogP contribution in [0.25, 0.3) is 0 Å². The summed E-state index contributed by atoms with van der Waals surface area (Å²) >= 11 is 0. The van der Waals surface area contributed by atoms with Gasteiger partial charge in [0.1, 0.15) is 17.7 Å². The Morgan fingerprint density at radius 2 is 2.32 bits per heavy atom. The summed E-state index contributed by atoms with van der Waals surface area (Å²) in [6, 6.07) is 5.58. The molecule has 2 rings (SSSR count). The fourth-order valence-electron chi connectivity index (χ4n) is 1.99. The molecule has 1 aromatic rings. The van der Waals surface area contributed by atoms with Crippen LogP contribution in [0, 0.1) is 21.4 Å². The van der Waals surface area contributed by atoms with Crippen LogP contribution in [0.3, 0.4) is 0 Å². The molecule has 0 spiro atoms. The van der Waals surface area contributed by atoms with Crippen LogP contribution < -0.4 is 10.6 Å². The first kappa shape index (κ1) is 12.8. The molecular weight excluding hydrogens is 248 g/mol. The van der Waals surface area contributed by atoms with Crippen LogP contribution in [0.1, 0.15) is 18.4 Å². The van der Waals surface area contributed by atoms with Crippen molar-refractivity contribution in [3.63, 3.8) is 0 Å². The molecule has 1 unspecified atom stereocenters. The lowest BCUT2D eigenvalue weighted by atomic mass is 10.1. The second kappa shape index (κ2) is 5.35. The van der Waals surface area contributed by atoms with Crippen molar-refractivity contribution in [1.82, 2.24) is 5.32 Å². The lowest BCUT2D eigenvalue weighted by Crippen LogP contribution is -2.44. The maximum atomic E-state index is 11.6. The molecule has 1 aromatic carbocycles. The summed E-state index contributed by atoms with van der Waals surface area (Å²) in [6.07, 6.45) is 1.58. The van der Waals surface area contributed by atoms with Crippen molar-refractivity contribution in [2.24, 2.45) is 0 Å². The molecular formula is C12H12N4O3. The molecule has 1 saturated heterocycles. The van der Waals surface area contributed by atoms with Gasteiger partial charge in [-0.1, -0.05) is 0 Å². The smallest absolute Gasteiger partial charge is 0.287 e. The van der Waals surface area contributed by atoms with Crippen molar-refractivity contribution in [1.29, 1.82) is 5.26 Å². The number of carbonyl (C=O) groups excluding carboxylic acids is 1. The molecule has 1 amide bonds. The van der Waals surface area contributed by atoms with Gasteiger partial charge in [0.25, 0.3) is 5.69 Å². The lowest BCUT2D eigenvalue weighted by Gasteiger charge is -2.23. The van der Waals surface area contributed by atoms with E-state index in [-0.39, 0.29) is 23.2 Å². The first-order valence-electron chi connectivity index (χ1n) is 5.84. The Morgan fingerprint density at radius 3 is 2.95 bits per heavy atom. The van der Waals surface area contributed by atoms with Crippen LogP contribution in [-0.2, 0) is 4.79 Å². The van der Waals surface area contributed by atoms with Crippen molar-refractivity contribution in [3.05, 3.63) is 33.9 Å². The number of piperidine rings is 1. The van der Waals surface area contributed by atoms with Gasteiger partial charge in [0, 0.05) is 18.3 Å². The summed E-state index contributed by atoms with van der Waals surface area (Å²) in [5, 5.41) is 25.3. The Hall–Kier alpha value is -2.62. The highest BCUT2D eigenvalue weighted by Gasteiger charge is 2.22. The molecule has 0 aliphatic carbocycles. The maximum absolute atomic E-state index is 11.6. The van der Waals surface area contributed by atoms with Gasteiger partial charge in [-0.05, 0) is 25.0 Å². The summed E-state index contributed by atoms with van der Waals surface area (Å²) < 4.78 is 0. The van der Waals surface area contributed by atoms with Gasteiger partial charge in [-0.15, -0.1) is 0 Å². The van der Waals surface area contributed by atoms with Crippen LogP contribution in [0.4, 0.5) is 11.4 Å². The number of benzene rings is 1. The van der Waals surface area contributed by atoms with E-state index in [1.54, 1.807) is 6.07 Å². The normalized spacial score (nSPS) is 18.3. The Balaban J connectivity index is 2.20. The third-order valence-electron chi connectivity index (χ3n) is 2.94. The quantitative estimate of drug-likeness (QED) is 0.626. The zero-order valence-electron chi connectivity index (χ0n) is 10.0. The van der Waals surface area contributed by atoms with Crippen LogP contribution in [0.2, 0.25) is 0 Å². The average molecular weight is 260 g/mol. The van der Waals surface area contributed by atoms with Crippen molar-refractivity contribution in [2.45, 2.75) is 18.9 Å². The maximum Gasteiger partial charge on any atom is 0.287 e. The van der Waals surface area contributed by atoms with Crippen LogP contribution in [0.5, 0.6) is 0 Å². The predicted octanol–water partition coefficient (Wildman–Crippen LogP) is 1.16. The molecule has 2 N–H and O–H groups in total. The van der Waals surface area contributed by atoms with Crippen molar-refractivity contribution < 1.29 is 9.72 Å². The number of hydrogen-bond acceptors (Lipinski definition) is 5. The number of nitro benzene ring substituents is 1. The summed E-state index contributed by atoms with van der Waals surface area (Å²) in [5.41, 5.74) is 0.275. The number of rotatable bonds is 3. The third-order valence-corrected chi connectivity index (χ3v) is 2.94. The Morgan fingerprint density at radius 1 is 1.53 bits per heavy atom. The summed E-state index contributed by atoms with van der Waals surface area (Å²) in [5.74, 6) is -0.0943. The van der Waals surface area contributed by atoms with E-state index < -0.39 is 4.92 Å². The molecule has 1 heterocycles. The van der Waals surface area contributed by atoms with Crippen molar-refractivity contribution in [2.75, 3.05) is 11.9 Å². The number of carbonyl (C=O) groups is 1. The molecule has 1 aliphatic heterocycles. The van der Waals surface area contributed by atoms with E-state index in [2.05, 4.69) is 10.6 Å². The predicted molar refractivity (Wildman–Crippen MR) is 67.5 cm³/mol. The fourth-order valence-corrected chi connectivity index (χ4v) is 1.99. The Kier molecular flexibility index (Phi) is 3.61. The Bertz CT molecular complexity index is 565. The van der Waals surface area contributed by atoms with Gasteiger partial charge in [0.05, 0.1) is 4.92 Å². The number of amides is 1. The zero-order chi connectivity index (χ0) is 13.8. The summed E-state index contributed by atoms with van der Waals surface area (Å²) in [4.78, 5) is 21.7. The standard InChI is InChI=1S/C12H12N4O3/c13-7-8-6-9(3-4-11(8)16(18)19)15-10-2-1-5-14-12(10)17/h3-4,6,10,15H,1-2,5H2,(H,14,17). The highest BCUT2D eigenvalue weighted by atomic mass is 16.6. The third kappa shape index (κ3) is 2.80. The van der Waals surface area contributed by atoms with Gasteiger partial charge in [-0.25, -0.2) is 0 Å². The topological polar surface area (TPSA) is 108 Å². The number of nitro groups is 1. The van der Waals surface area contributed by atoms with E-state index in [1.165, 1.54) is 18.2 Å². The number of nitrogens with zero attached hydrogens (tertiary/aromatic N) is 2. The second-order valence-electron chi connectivity index (χ2n) is 4.23. The fraction of sp³-hybridized carbons (Fsp3) is 0.333. The van der Waals surface area contributed by atoms with E-state index in [9.17, 15) is 14.9 Å². The molecule has 7 nitrogen and oxygen atoms in total. The first-order valence-corrected chi connectivity index (χ1v) is 5.84. The van der Waals surface area contributed by atoms with Gasteiger partial charge in [-0.2, -0.15) is 5.26 Å². The summed E-state index contributed by atoms with van der Waals surface area (Å²) in [7, 11) is 0. The molecule has 0 saturated carbocycles. The minimum atomic E-state index is -0.602. The van der Waals surface area contributed by atoms with E-state index in [4.69, 9.17) is 5.26 Å². The largest absolute Gasteiger partial charge is 0.374 e. The van der Waals surface area contributed by atoms with Crippen LogP contribution in [0.15, 0.2) is 18.2 Å². The molecule has 0 aromatic heterocycles. The molecule has 7 heteroatoms. The molecule has 1 aliphatic rings. The first-order chi connectivity index (χ1) is 9.11. The number of anilines is 1. The van der Waals surface area contributed by atoms with Gasteiger partial charge in [0.2, 0.25) is 5.91 Å². The van der Waals surface area contributed by atoms with Crippen LogP contribution >= 0.6 is 0 Å². The molecule has 0 radical (unpaired) electrons. The van der Waals surface area contributed by atoms with Crippen molar-refractivity contribution >= 4 is 17.3 Å². The number of nitrogens with one attached hydrogen (secondary N) is 2. The average Bonchev–Trinajstić information content (AvgIpc) is 2.41. The molecule has 98 valence electrons. The lowest BCUT2D eigenvalue weighted by molar-refractivity contribution is -0.385. The van der Waals surface area contributed by atoms with E-state index in [1.807, 2.05) is 0 Å². The highest BCUT2D eigenvalue weighted by molar-refractivity contribution is 5.85. The summed E-state index contributed by atoms with van der Waals surface area (Å²) in [6.45, 7) is 0.667. The van der Waals surface area contributed by atoms with Gasteiger partial charge < -0.3 is 10.6 Å². The minimum absolute atomic E-state index is 0.0220. The highest BCUT2D eigenvalue weighted by Crippen LogP contribution is 2.23. The van der Waals surface area contributed by atoms with E-state index in [0.29, 0.717) is 18.7 Å².